The van der Waals surface area contributed by atoms with Crippen molar-refractivity contribution < 1.29 is 4.74 Å². The minimum atomic E-state index is 0.134. The van der Waals surface area contributed by atoms with Gasteiger partial charge in [0.05, 0.1) is 24.6 Å². The number of methoxy groups -OCH3 is 1. The first-order chi connectivity index (χ1) is 12.8. The number of aromatic nitrogens is 3. The molecule has 0 aromatic carbocycles. The van der Waals surface area contributed by atoms with Gasteiger partial charge in [-0.1, -0.05) is 39.0 Å². The molecule has 5 nitrogen and oxygen atoms in total. The molecule has 0 spiro atoms. The fourth-order valence-corrected chi connectivity index (χ4v) is 4.22. The summed E-state index contributed by atoms with van der Waals surface area (Å²) in [4.78, 5) is 6.06. The second-order valence-corrected chi connectivity index (χ2v) is 7.13. The zero-order valence-corrected chi connectivity index (χ0v) is 16.3. The average Bonchev–Trinajstić information content (AvgIpc) is 3.38. The maximum atomic E-state index is 9.26. The Morgan fingerprint density at radius 1 is 1.42 bits per heavy atom. The van der Waals surface area contributed by atoms with Crippen LogP contribution in [0, 0.1) is 11.2 Å². The fraction of sp³-hybridized carbons (Fsp3) is 0.421. The van der Waals surface area contributed by atoms with E-state index in [0.29, 0.717) is 11.8 Å². The van der Waals surface area contributed by atoms with Gasteiger partial charge in [-0.05, 0) is 23.8 Å². The molecule has 0 amide bonds. The molecule has 1 aliphatic heterocycles. The van der Waals surface area contributed by atoms with Gasteiger partial charge in [0.1, 0.15) is 0 Å². The van der Waals surface area contributed by atoms with Crippen molar-refractivity contribution in [2.24, 2.45) is 0 Å². The van der Waals surface area contributed by atoms with Crippen molar-refractivity contribution in [2.45, 2.75) is 45.2 Å². The van der Waals surface area contributed by atoms with Crippen LogP contribution in [0.1, 0.15) is 38.3 Å². The quantitative estimate of drug-likeness (QED) is 0.617. The maximum absolute atomic E-state index is 9.26. The van der Waals surface area contributed by atoms with E-state index in [2.05, 4.69) is 22.5 Å². The third-order valence-electron chi connectivity index (χ3n) is 4.73. The van der Waals surface area contributed by atoms with Crippen molar-refractivity contribution in [1.82, 2.24) is 14.6 Å². The van der Waals surface area contributed by atoms with Crippen molar-refractivity contribution in [3.8, 4) is 22.3 Å². The van der Waals surface area contributed by atoms with Crippen molar-refractivity contribution >= 4 is 23.7 Å². The van der Waals surface area contributed by atoms with Crippen LogP contribution >= 0.6 is 11.3 Å². The predicted octanol–water partition coefficient (Wildman–Crippen LogP) is 4.93. The molecule has 1 saturated heterocycles. The van der Waals surface area contributed by atoms with Gasteiger partial charge in [0.15, 0.2) is 5.65 Å². The number of ether oxygens (including phenoxy) is 1. The molecule has 1 atom stereocenters. The van der Waals surface area contributed by atoms with Crippen molar-refractivity contribution in [1.29, 1.82) is 5.26 Å². The molecular formula is C19H23BN4OS. The Bertz CT molecular complexity index is 900. The summed E-state index contributed by atoms with van der Waals surface area (Å²) in [6.45, 7) is 4.13. The number of nitrogens with zero attached hydrogens (tertiary/aromatic N) is 4. The number of hydrogen-bond donors (Lipinski definition) is 0. The van der Waals surface area contributed by atoms with E-state index in [0.717, 1.165) is 47.3 Å². The lowest BCUT2D eigenvalue weighted by atomic mass is 9.41. The first kappa shape index (κ1) is 18.5. The van der Waals surface area contributed by atoms with Gasteiger partial charge in [-0.25, -0.2) is 10.2 Å². The van der Waals surface area contributed by atoms with E-state index in [9.17, 15) is 5.26 Å². The van der Waals surface area contributed by atoms with Gasteiger partial charge in [-0.15, -0.1) is 11.3 Å². The van der Waals surface area contributed by atoms with E-state index >= 15 is 0 Å². The molecule has 4 rings (SSSR count). The summed E-state index contributed by atoms with van der Waals surface area (Å²) in [7, 11) is 1.66. The van der Waals surface area contributed by atoms with E-state index in [1.54, 1.807) is 23.0 Å². The summed E-state index contributed by atoms with van der Waals surface area (Å²) in [6.07, 6.45) is 5.88. The Labute approximate surface area is 158 Å². The van der Waals surface area contributed by atoms with E-state index in [4.69, 9.17) is 9.72 Å². The molecule has 26 heavy (non-hydrogen) atoms. The van der Waals surface area contributed by atoms with Gasteiger partial charge in [0.2, 0.25) is 5.88 Å². The third kappa shape index (κ3) is 3.47. The molecule has 0 aliphatic carbocycles. The SMILES string of the molecule is CC.COc1cc(C2CCCB(C#N)C2)nc2c(-c3cccs3)cnn12. The Morgan fingerprint density at radius 2 is 2.27 bits per heavy atom. The van der Waals surface area contributed by atoms with Gasteiger partial charge in [0.25, 0.3) is 6.71 Å². The van der Waals surface area contributed by atoms with Crippen molar-refractivity contribution in [3.05, 3.63) is 35.5 Å². The molecule has 3 aromatic heterocycles. The summed E-state index contributed by atoms with van der Waals surface area (Å²) < 4.78 is 7.29. The van der Waals surface area contributed by atoms with Crippen molar-refractivity contribution in [2.75, 3.05) is 7.11 Å². The van der Waals surface area contributed by atoms with Gasteiger partial charge in [-0.2, -0.15) is 9.61 Å². The Kier molecular flexibility index (Phi) is 5.94. The molecule has 1 fully saturated rings. The highest BCUT2D eigenvalue weighted by atomic mass is 32.1. The molecule has 1 aliphatic rings. The van der Waals surface area contributed by atoms with Crippen molar-refractivity contribution in [3.63, 3.8) is 0 Å². The van der Waals surface area contributed by atoms with Crippen LogP contribution in [0.5, 0.6) is 5.88 Å². The van der Waals surface area contributed by atoms with Gasteiger partial charge >= 0.3 is 0 Å². The normalized spacial score (nSPS) is 16.7. The highest BCUT2D eigenvalue weighted by Crippen LogP contribution is 2.36. The standard InChI is InChI=1S/C17H17BN4OS.C2H6/c1-23-16-8-14(12-4-2-6-18(9-12)11-19)21-17-13(10-20-22(16)17)15-5-3-7-24-15;1-2/h3,5,7-8,10,12H,2,4,6,9H2,1H3;1-2H3. The van der Waals surface area contributed by atoms with E-state index in [1.807, 2.05) is 32.2 Å². The minimum Gasteiger partial charge on any atom is -0.481 e. The Balaban J connectivity index is 0.000000948. The lowest BCUT2D eigenvalue weighted by molar-refractivity contribution is 0.383. The van der Waals surface area contributed by atoms with Gasteiger partial charge in [-0.3, -0.25) is 0 Å². The molecule has 134 valence electrons. The zero-order valence-electron chi connectivity index (χ0n) is 15.5. The smallest absolute Gasteiger partial charge is 0.268 e. The van der Waals surface area contributed by atoms with Crippen LogP contribution in [0.2, 0.25) is 12.6 Å². The molecule has 0 N–H and O–H groups in total. The van der Waals surface area contributed by atoms with Crippen LogP contribution in [-0.4, -0.2) is 28.4 Å². The van der Waals surface area contributed by atoms with E-state index < -0.39 is 0 Å². The Hall–Kier alpha value is -2.33. The zero-order chi connectivity index (χ0) is 18.5. The maximum Gasteiger partial charge on any atom is 0.268 e. The third-order valence-corrected chi connectivity index (χ3v) is 5.63. The molecule has 3 aromatic rings. The first-order valence-corrected chi connectivity index (χ1v) is 10.0. The lowest BCUT2D eigenvalue weighted by Gasteiger charge is -2.23. The summed E-state index contributed by atoms with van der Waals surface area (Å²) in [5, 5.41) is 15.8. The molecular weight excluding hydrogens is 343 g/mol. The summed E-state index contributed by atoms with van der Waals surface area (Å²) in [5.41, 5.74) is 2.86. The number of rotatable bonds is 3. The summed E-state index contributed by atoms with van der Waals surface area (Å²) >= 11 is 1.68. The minimum absolute atomic E-state index is 0.134. The topological polar surface area (TPSA) is 63.2 Å². The second-order valence-electron chi connectivity index (χ2n) is 6.18. The lowest BCUT2D eigenvalue weighted by Crippen LogP contribution is -2.21. The second kappa shape index (κ2) is 8.37. The molecule has 0 bridgehead atoms. The van der Waals surface area contributed by atoms with Crippen LogP contribution in [-0.2, 0) is 0 Å². The molecule has 4 heterocycles. The molecule has 0 radical (unpaired) electrons. The summed E-state index contributed by atoms with van der Waals surface area (Å²) in [5.74, 6) is 3.43. The fourth-order valence-electron chi connectivity index (χ4n) is 3.49. The van der Waals surface area contributed by atoms with Crippen LogP contribution in [0.25, 0.3) is 16.1 Å². The van der Waals surface area contributed by atoms with Crippen LogP contribution < -0.4 is 4.74 Å². The molecule has 7 heteroatoms. The Morgan fingerprint density at radius 3 is 2.96 bits per heavy atom. The first-order valence-electron chi connectivity index (χ1n) is 9.16. The summed E-state index contributed by atoms with van der Waals surface area (Å²) in [6, 6.07) is 6.08. The number of fused-ring (bicyclic) bond motifs is 1. The number of nitriles is 1. The highest BCUT2D eigenvalue weighted by molar-refractivity contribution is 7.13. The van der Waals surface area contributed by atoms with Gasteiger partial charge in [0, 0.05) is 16.9 Å². The van der Waals surface area contributed by atoms with E-state index in [-0.39, 0.29) is 6.71 Å². The average molecular weight is 366 g/mol. The van der Waals surface area contributed by atoms with E-state index in [1.165, 1.54) is 0 Å². The van der Waals surface area contributed by atoms with Crippen LogP contribution in [0.15, 0.2) is 29.8 Å². The monoisotopic (exact) mass is 366 g/mol. The van der Waals surface area contributed by atoms with Crippen LogP contribution in [0.3, 0.4) is 0 Å². The highest BCUT2D eigenvalue weighted by Gasteiger charge is 2.28. The number of hydrogen-bond acceptors (Lipinski definition) is 5. The molecule has 1 unspecified atom stereocenters. The predicted molar refractivity (Wildman–Crippen MR) is 107 cm³/mol. The number of thiophene rings is 1. The van der Waals surface area contributed by atoms with Crippen LogP contribution in [0.4, 0.5) is 0 Å². The largest absolute Gasteiger partial charge is 0.481 e. The van der Waals surface area contributed by atoms with Gasteiger partial charge < -0.3 is 4.74 Å². The molecule has 0 saturated carbocycles.